The fourth-order valence-corrected chi connectivity index (χ4v) is 6.95. The van der Waals surface area contributed by atoms with Crippen LogP contribution in [-0.4, -0.2) is 55.6 Å². The first-order chi connectivity index (χ1) is 19.7. The second kappa shape index (κ2) is 10.6. The topological polar surface area (TPSA) is 116 Å². The maximum Gasteiger partial charge on any atom is 0.226 e. The van der Waals surface area contributed by atoms with Gasteiger partial charge < -0.3 is 14.6 Å². The summed E-state index contributed by atoms with van der Waals surface area (Å²) < 4.78 is 58.3. The van der Waals surface area contributed by atoms with Gasteiger partial charge in [0.15, 0.2) is 9.84 Å². The van der Waals surface area contributed by atoms with Crippen molar-refractivity contribution in [2.45, 2.75) is 49.7 Å². The van der Waals surface area contributed by atoms with Crippen molar-refractivity contribution < 1.29 is 26.4 Å². The number of nitrogens with zero attached hydrogens (tertiary/aromatic N) is 3. The summed E-state index contributed by atoms with van der Waals surface area (Å²) in [6, 6.07) is 15.5. The predicted molar refractivity (Wildman–Crippen MR) is 149 cm³/mol. The van der Waals surface area contributed by atoms with Crippen LogP contribution < -0.4 is 10.2 Å². The van der Waals surface area contributed by atoms with Gasteiger partial charge in [-0.3, -0.25) is 4.79 Å². The Hall–Kier alpha value is -3.78. The van der Waals surface area contributed by atoms with Gasteiger partial charge in [-0.1, -0.05) is 12.1 Å². The van der Waals surface area contributed by atoms with Crippen molar-refractivity contribution in [3.05, 3.63) is 60.1 Å². The molecule has 3 aromatic rings. The van der Waals surface area contributed by atoms with Crippen molar-refractivity contribution in [2.24, 2.45) is 5.92 Å². The van der Waals surface area contributed by atoms with Gasteiger partial charge in [-0.25, -0.2) is 22.2 Å². The molecular formula is C30H30F2N4O4S. The highest BCUT2D eigenvalue weighted by Gasteiger charge is 2.48. The molecule has 6 rings (SSSR count). The smallest absolute Gasteiger partial charge is 0.226 e. The lowest BCUT2D eigenvalue weighted by atomic mass is 9.75. The first kappa shape index (κ1) is 27.4. The highest BCUT2D eigenvalue weighted by Crippen LogP contribution is 2.45. The number of benzene rings is 2. The quantitative estimate of drug-likeness (QED) is 0.446. The van der Waals surface area contributed by atoms with Crippen LogP contribution in [0, 0.1) is 23.1 Å². The lowest BCUT2D eigenvalue weighted by Gasteiger charge is -2.32. The maximum atomic E-state index is 14.6. The average molecular weight is 581 g/mol. The minimum Gasteiger partial charge on any atom is -0.440 e. The standard InChI is InChI=1S/C30H30F2N4O4S/c31-21-5-1-20(2-6-21)29-34-26(19-3-8-23(9-4-19)36-13-15-41(38,39)16-14-36)27(40-29)24-10-7-22(32)17-25(24)28(37)35-30(18-33)11-12-30/h1-6,8-9,22,24-25H,7,10-17H2,(H,35,37)/t22-,24-,25-/m0/s1. The molecule has 3 atom stereocenters. The minimum atomic E-state index is -3.01. The summed E-state index contributed by atoms with van der Waals surface area (Å²) in [7, 11) is -3.01. The van der Waals surface area contributed by atoms with Crippen LogP contribution in [-0.2, 0) is 14.6 Å². The SMILES string of the molecule is N#CC1(NC(=O)[C@H]2C[C@@H](F)CC[C@@H]2c2oc(-c3ccc(F)cc3)nc2-c2ccc(N3CCS(=O)(=O)CC3)cc2)CC1. The Morgan fingerprint density at radius 3 is 2.34 bits per heavy atom. The van der Waals surface area contributed by atoms with Crippen LogP contribution in [0.5, 0.6) is 0 Å². The largest absolute Gasteiger partial charge is 0.440 e. The number of carbonyl (C=O) groups is 1. The molecule has 8 nitrogen and oxygen atoms in total. The Balaban J connectivity index is 1.36. The van der Waals surface area contributed by atoms with Crippen molar-refractivity contribution >= 4 is 21.4 Å². The number of amides is 1. The Morgan fingerprint density at radius 1 is 1.05 bits per heavy atom. The lowest BCUT2D eigenvalue weighted by molar-refractivity contribution is -0.128. The fourth-order valence-electron chi connectivity index (χ4n) is 5.75. The number of oxazole rings is 1. The van der Waals surface area contributed by atoms with Crippen molar-refractivity contribution in [1.29, 1.82) is 5.26 Å². The van der Waals surface area contributed by atoms with Gasteiger partial charge in [0.25, 0.3) is 0 Å². The molecule has 1 amide bonds. The molecule has 1 aliphatic heterocycles. The molecule has 1 aromatic heterocycles. The molecule has 1 saturated heterocycles. The van der Waals surface area contributed by atoms with Gasteiger partial charge in [0, 0.05) is 35.8 Å². The number of hydrogen-bond donors (Lipinski definition) is 1. The third-order valence-electron chi connectivity index (χ3n) is 8.38. The summed E-state index contributed by atoms with van der Waals surface area (Å²) >= 11 is 0. The Morgan fingerprint density at radius 2 is 1.71 bits per heavy atom. The number of rotatable bonds is 6. The van der Waals surface area contributed by atoms with Crippen molar-refractivity contribution in [3.63, 3.8) is 0 Å². The third-order valence-corrected chi connectivity index (χ3v) is 9.99. The maximum absolute atomic E-state index is 14.6. The van der Waals surface area contributed by atoms with E-state index in [1.165, 1.54) is 12.1 Å². The normalized spacial score (nSPS) is 24.8. The van der Waals surface area contributed by atoms with Crippen LogP contribution in [0.25, 0.3) is 22.7 Å². The van der Waals surface area contributed by atoms with Gasteiger partial charge in [-0.05, 0) is 68.5 Å². The summed E-state index contributed by atoms with van der Waals surface area (Å²) in [5, 5.41) is 12.3. The highest BCUT2D eigenvalue weighted by atomic mass is 32.2. The third kappa shape index (κ3) is 5.71. The van der Waals surface area contributed by atoms with E-state index in [2.05, 4.69) is 11.4 Å². The first-order valence-electron chi connectivity index (χ1n) is 13.9. The van der Waals surface area contributed by atoms with Crippen molar-refractivity contribution in [2.75, 3.05) is 29.5 Å². The molecule has 2 aromatic carbocycles. The van der Waals surface area contributed by atoms with Crippen LogP contribution >= 0.6 is 0 Å². The van der Waals surface area contributed by atoms with E-state index < -0.39 is 39.2 Å². The zero-order chi connectivity index (χ0) is 28.8. The van der Waals surface area contributed by atoms with Gasteiger partial charge in [0.05, 0.1) is 23.5 Å². The number of nitriles is 1. The summed E-state index contributed by atoms with van der Waals surface area (Å²) in [6.45, 7) is 0.831. The van der Waals surface area contributed by atoms with E-state index in [-0.39, 0.29) is 36.1 Å². The van der Waals surface area contributed by atoms with Gasteiger partial charge in [-0.2, -0.15) is 5.26 Å². The van der Waals surface area contributed by atoms with Gasteiger partial charge in [0.2, 0.25) is 11.8 Å². The summed E-state index contributed by atoms with van der Waals surface area (Å²) in [6.07, 6.45) is 0.646. The number of alkyl halides is 1. The monoisotopic (exact) mass is 580 g/mol. The Kier molecular flexibility index (Phi) is 7.06. The number of aromatic nitrogens is 1. The molecule has 0 radical (unpaired) electrons. The van der Waals surface area contributed by atoms with E-state index >= 15 is 0 Å². The molecule has 2 saturated carbocycles. The molecule has 3 fully saturated rings. The Labute approximate surface area is 237 Å². The molecule has 0 bridgehead atoms. The molecule has 2 heterocycles. The van der Waals surface area contributed by atoms with E-state index in [0.29, 0.717) is 49.4 Å². The summed E-state index contributed by atoms with van der Waals surface area (Å²) in [5.41, 5.74) is 1.81. The van der Waals surface area contributed by atoms with Gasteiger partial charge >= 0.3 is 0 Å². The number of carbonyl (C=O) groups excluding carboxylic acids is 1. The summed E-state index contributed by atoms with van der Waals surface area (Å²) in [4.78, 5) is 20.2. The Bertz CT molecular complexity index is 1580. The molecule has 11 heteroatoms. The predicted octanol–water partition coefficient (Wildman–Crippen LogP) is 4.78. The van der Waals surface area contributed by atoms with Crippen LogP contribution in [0.15, 0.2) is 52.9 Å². The van der Waals surface area contributed by atoms with E-state index in [0.717, 1.165) is 11.3 Å². The first-order valence-corrected chi connectivity index (χ1v) is 15.7. The average Bonchev–Trinajstić information content (AvgIpc) is 3.60. The second-order valence-corrected chi connectivity index (χ2v) is 13.5. The molecule has 0 spiro atoms. The molecule has 2 aliphatic carbocycles. The van der Waals surface area contributed by atoms with Gasteiger partial charge in [-0.15, -0.1) is 0 Å². The minimum absolute atomic E-state index is 0.0147. The fraction of sp³-hybridized carbons (Fsp3) is 0.433. The summed E-state index contributed by atoms with van der Waals surface area (Å²) in [5.74, 6) is -1.04. The van der Waals surface area contributed by atoms with Gasteiger partial charge in [0.1, 0.15) is 29.0 Å². The number of anilines is 1. The zero-order valence-electron chi connectivity index (χ0n) is 22.4. The number of nitrogens with one attached hydrogen (secondary N) is 1. The number of sulfone groups is 1. The molecule has 214 valence electrons. The van der Waals surface area contributed by atoms with E-state index in [1.807, 2.05) is 29.2 Å². The van der Waals surface area contributed by atoms with E-state index in [9.17, 15) is 27.3 Å². The second-order valence-electron chi connectivity index (χ2n) is 11.2. The van der Waals surface area contributed by atoms with Crippen molar-refractivity contribution in [1.82, 2.24) is 10.3 Å². The number of halogens is 2. The van der Waals surface area contributed by atoms with Crippen LogP contribution in [0.1, 0.15) is 43.8 Å². The van der Waals surface area contributed by atoms with E-state index in [1.54, 1.807) is 12.1 Å². The van der Waals surface area contributed by atoms with E-state index in [4.69, 9.17) is 9.40 Å². The van der Waals surface area contributed by atoms with Crippen LogP contribution in [0.3, 0.4) is 0 Å². The molecule has 1 N–H and O–H groups in total. The van der Waals surface area contributed by atoms with Crippen molar-refractivity contribution in [3.8, 4) is 28.8 Å². The molecule has 0 unspecified atom stereocenters. The number of hydrogen-bond acceptors (Lipinski definition) is 7. The molecule has 41 heavy (non-hydrogen) atoms. The van der Waals surface area contributed by atoms with Crippen LogP contribution in [0.4, 0.5) is 14.5 Å². The molecule has 3 aliphatic rings. The zero-order valence-corrected chi connectivity index (χ0v) is 23.2. The lowest BCUT2D eigenvalue weighted by Crippen LogP contribution is -2.44. The van der Waals surface area contributed by atoms with Crippen LogP contribution in [0.2, 0.25) is 0 Å². The molecular weight excluding hydrogens is 550 g/mol. The highest BCUT2D eigenvalue weighted by molar-refractivity contribution is 7.91.